The van der Waals surface area contributed by atoms with E-state index in [0.29, 0.717) is 34.1 Å². The van der Waals surface area contributed by atoms with Gasteiger partial charge in [-0.25, -0.2) is 0 Å². The molecule has 0 bridgehead atoms. The first-order chi connectivity index (χ1) is 10.6. The van der Waals surface area contributed by atoms with Gasteiger partial charge < -0.3 is 14.8 Å². The van der Waals surface area contributed by atoms with E-state index in [1.54, 1.807) is 42.5 Å². The molecule has 5 nitrogen and oxygen atoms in total. The number of carbonyl (C=O) groups excluding carboxylic acids is 2. The molecular weight excluding hydrogens is 306 g/mol. The minimum absolute atomic E-state index is 0.236. The molecule has 0 saturated carbocycles. The number of hydrogen-bond acceptors (Lipinski definition) is 4. The summed E-state index contributed by atoms with van der Waals surface area (Å²) in [4.78, 5) is 22.8. The summed E-state index contributed by atoms with van der Waals surface area (Å²) in [5.74, 6) is 0.456. The third kappa shape index (κ3) is 3.99. The highest BCUT2D eigenvalue weighted by atomic mass is 35.5. The van der Waals surface area contributed by atoms with E-state index in [0.717, 1.165) is 0 Å². The fourth-order valence-corrected chi connectivity index (χ4v) is 1.99. The fraction of sp³-hybridized carbons (Fsp3) is 0.125. The number of halogens is 1. The van der Waals surface area contributed by atoms with Crippen LogP contribution in [0.5, 0.6) is 11.5 Å². The third-order valence-corrected chi connectivity index (χ3v) is 3.08. The van der Waals surface area contributed by atoms with E-state index in [2.05, 4.69) is 5.32 Å². The summed E-state index contributed by atoms with van der Waals surface area (Å²) in [6, 6.07) is 11.6. The molecule has 0 atom stereocenters. The SMILES string of the molecule is COc1ccc(Cl)cc1NC(=O)COc1ccccc1C=O. The highest BCUT2D eigenvalue weighted by Crippen LogP contribution is 2.27. The Morgan fingerprint density at radius 3 is 2.73 bits per heavy atom. The van der Waals surface area contributed by atoms with Crippen LogP contribution in [0.1, 0.15) is 10.4 Å². The topological polar surface area (TPSA) is 64.6 Å². The van der Waals surface area contributed by atoms with Crippen LogP contribution in [0.2, 0.25) is 5.02 Å². The van der Waals surface area contributed by atoms with Gasteiger partial charge in [0.25, 0.3) is 5.91 Å². The molecule has 2 rings (SSSR count). The molecule has 0 aliphatic rings. The van der Waals surface area contributed by atoms with E-state index in [-0.39, 0.29) is 12.5 Å². The quantitative estimate of drug-likeness (QED) is 0.831. The molecule has 0 saturated heterocycles. The van der Waals surface area contributed by atoms with Crippen molar-refractivity contribution in [1.29, 1.82) is 0 Å². The van der Waals surface area contributed by atoms with Gasteiger partial charge >= 0.3 is 0 Å². The molecule has 6 heteroatoms. The average Bonchev–Trinajstić information content (AvgIpc) is 2.53. The normalized spacial score (nSPS) is 9.91. The molecular formula is C16H14ClNO4. The largest absolute Gasteiger partial charge is 0.495 e. The van der Waals surface area contributed by atoms with Gasteiger partial charge in [-0.2, -0.15) is 0 Å². The molecule has 0 aromatic heterocycles. The van der Waals surface area contributed by atoms with Gasteiger partial charge in [0.2, 0.25) is 0 Å². The van der Waals surface area contributed by atoms with Crippen LogP contribution in [0.15, 0.2) is 42.5 Å². The van der Waals surface area contributed by atoms with Crippen molar-refractivity contribution in [3.63, 3.8) is 0 Å². The Morgan fingerprint density at radius 1 is 1.23 bits per heavy atom. The van der Waals surface area contributed by atoms with Gasteiger partial charge in [0, 0.05) is 5.02 Å². The summed E-state index contributed by atoms with van der Waals surface area (Å²) in [5, 5.41) is 3.12. The molecule has 1 N–H and O–H groups in total. The van der Waals surface area contributed by atoms with Crippen molar-refractivity contribution in [2.24, 2.45) is 0 Å². The van der Waals surface area contributed by atoms with Gasteiger partial charge in [-0.1, -0.05) is 23.7 Å². The lowest BCUT2D eigenvalue weighted by Gasteiger charge is -2.11. The summed E-state index contributed by atoms with van der Waals surface area (Å²) >= 11 is 5.89. The Balaban J connectivity index is 2.02. The van der Waals surface area contributed by atoms with Crippen LogP contribution in [0, 0.1) is 0 Å². The maximum atomic E-state index is 11.9. The molecule has 114 valence electrons. The molecule has 0 aliphatic heterocycles. The lowest BCUT2D eigenvalue weighted by molar-refractivity contribution is -0.118. The predicted molar refractivity (Wildman–Crippen MR) is 84.0 cm³/mol. The molecule has 22 heavy (non-hydrogen) atoms. The Morgan fingerprint density at radius 2 is 2.00 bits per heavy atom. The van der Waals surface area contributed by atoms with Gasteiger partial charge in [0.1, 0.15) is 11.5 Å². The van der Waals surface area contributed by atoms with Crippen molar-refractivity contribution < 1.29 is 19.1 Å². The monoisotopic (exact) mass is 319 g/mol. The van der Waals surface area contributed by atoms with Crippen LogP contribution in [0.3, 0.4) is 0 Å². The first kappa shape index (κ1) is 15.9. The van der Waals surface area contributed by atoms with Gasteiger partial charge in [-0.15, -0.1) is 0 Å². The number of aldehydes is 1. The lowest BCUT2D eigenvalue weighted by atomic mass is 10.2. The number of carbonyl (C=O) groups is 2. The summed E-state index contributed by atoms with van der Waals surface area (Å²) in [6.45, 7) is -0.236. The summed E-state index contributed by atoms with van der Waals surface area (Å²) in [5.41, 5.74) is 0.836. The number of hydrogen-bond donors (Lipinski definition) is 1. The Kier molecular flexibility index (Phi) is 5.38. The standard InChI is InChI=1S/C16H14ClNO4/c1-21-15-7-6-12(17)8-13(15)18-16(20)10-22-14-5-3-2-4-11(14)9-19/h2-9H,10H2,1H3,(H,18,20). The van der Waals surface area contributed by atoms with Gasteiger partial charge in [0.15, 0.2) is 12.9 Å². The van der Waals surface area contributed by atoms with Crippen LogP contribution in [0.4, 0.5) is 5.69 Å². The van der Waals surface area contributed by atoms with E-state index in [9.17, 15) is 9.59 Å². The number of para-hydroxylation sites is 1. The molecule has 0 radical (unpaired) electrons. The maximum Gasteiger partial charge on any atom is 0.262 e. The number of benzene rings is 2. The van der Waals surface area contributed by atoms with Crippen LogP contribution >= 0.6 is 11.6 Å². The van der Waals surface area contributed by atoms with E-state index in [4.69, 9.17) is 21.1 Å². The zero-order valence-corrected chi connectivity index (χ0v) is 12.6. The lowest BCUT2D eigenvalue weighted by Crippen LogP contribution is -2.20. The first-order valence-electron chi connectivity index (χ1n) is 6.44. The van der Waals surface area contributed by atoms with Crippen molar-refractivity contribution in [3.05, 3.63) is 53.1 Å². The molecule has 0 aliphatic carbocycles. The highest BCUT2D eigenvalue weighted by Gasteiger charge is 2.10. The van der Waals surface area contributed by atoms with Crippen molar-refractivity contribution in [2.45, 2.75) is 0 Å². The zero-order valence-electron chi connectivity index (χ0n) is 11.8. The van der Waals surface area contributed by atoms with E-state index in [1.807, 2.05) is 0 Å². The van der Waals surface area contributed by atoms with Gasteiger partial charge in [-0.3, -0.25) is 9.59 Å². The Hall–Kier alpha value is -2.53. The molecule has 1 amide bonds. The van der Waals surface area contributed by atoms with Crippen LogP contribution < -0.4 is 14.8 Å². The third-order valence-electron chi connectivity index (χ3n) is 2.84. The van der Waals surface area contributed by atoms with Crippen LogP contribution in [0.25, 0.3) is 0 Å². The number of nitrogens with one attached hydrogen (secondary N) is 1. The van der Waals surface area contributed by atoms with Crippen molar-refractivity contribution in [2.75, 3.05) is 19.0 Å². The summed E-state index contributed by atoms with van der Waals surface area (Å²) < 4.78 is 10.5. The van der Waals surface area contributed by atoms with Crippen LogP contribution in [-0.4, -0.2) is 25.9 Å². The van der Waals surface area contributed by atoms with Crippen molar-refractivity contribution in [1.82, 2.24) is 0 Å². The number of rotatable bonds is 6. The Bertz CT molecular complexity index is 688. The van der Waals surface area contributed by atoms with Gasteiger partial charge in [-0.05, 0) is 30.3 Å². The second kappa shape index (κ2) is 7.47. The van der Waals surface area contributed by atoms with Gasteiger partial charge in [0.05, 0.1) is 18.4 Å². The van der Waals surface area contributed by atoms with E-state index < -0.39 is 0 Å². The number of amides is 1. The summed E-state index contributed by atoms with van der Waals surface area (Å²) in [7, 11) is 1.50. The van der Waals surface area contributed by atoms with E-state index >= 15 is 0 Å². The van der Waals surface area contributed by atoms with Crippen molar-refractivity contribution in [3.8, 4) is 11.5 Å². The first-order valence-corrected chi connectivity index (χ1v) is 6.82. The predicted octanol–water partition coefficient (Wildman–Crippen LogP) is 3.18. The highest BCUT2D eigenvalue weighted by molar-refractivity contribution is 6.31. The molecule has 0 fully saturated rings. The fourth-order valence-electron chi connectivity index (χ4n) is 1.82. The zero-order chi connectivity index (χ0) is 15.9. The molecule has 2 aromatic carbocycles. The molecule has 0 unspecified atom stereocenters. The molecule has 2 aromatic rings. The molecule has 0 spiro atoms. The molecule has 0 heterocycles. The van der Waals surface area contributed by atoms with Crippen LogP contribution in [-0.2, 0) is 4.79 Å². The smallest absolute Gasteiger partial charge is 0.262 e. The maximum absolute atomic E-state index is 11.9. The van der Waals surface area contributed by atoms with E-state index in [1.165, 1.54) is 7.11 Å². The average molecular weight is 320 g/mol. The Labute approximate surface area is 132 Å². The second-order valence-electron chi connectivity index (χ2n) is 4.34. The minimum atomic E-state index is -0.388. The van der Waals surface area contributed by atoms with Crippen molar-refractivity contribution >= 4 is 29.5 Å². The summed E-state index contributed by atoms with van der Waals surface area (Å²) in [6.07, 6.45) is 0.674. The minimum Gasteiger partial charge on any atom is -0.495 e. The number of ether oxygens (including phenoxy) is 2. The number of methoxy groups -OCH3 is 1. The second-order valence-corrected chi connectivity index (χ2v) is 4.77. The number of anilines is 1.